The molecule has 0 spiro atoms. The van der Waals surface area contributed by atoms with Crippen LogP contribution < -0.4 is 0 Å². The summed E-state index contributed by atoms with van der Waals surface area (Å²) < 4.78 is 0. The summed E-state index contributed by atoms with van der Waals surface area (Å²) in [6, 6.07) is 17.4. The number of aliphatic hydroxyl groups excluding tert-OH is 1. The van der Waals surface area contributed by atoms with Gasteiger partial charge in [-0.1, -0.05) is 54.1 Å². The second-order valence-electron chi connectivity index (χ2n) is 7.99. The summed E-state index contributed by atoms with van der Waals surface area (Å²) in [5.41, 5.74) is 0.924. The van der Waals surface area contributed by atoms with E-state index in [9.17, 15) is 15.0 Å². The molecular formula is C23H29ClN2O3. The minimum atomic E-state index is -1.21. The first kappa shape index (κ1) is 21.8. The summed E-state index contributed by atoms with van der Waals surface area (Å²) in [6.07, 6.45) is 0.537. The molecule has 1 aliphatic heterocycles. The topological polar surface area (TPSA) is 64.0 Å². The van der Waals surface area contributed by atoms with Crippen molar-refractivity contribution < 1.29 is 15.0 Å². The van der Waals surface area contributed by atoms with Gasteiger partial charge in [-0.15, -0.1) is 0 Å². The van der Waals surface area contributed by atoms with Crippen LogP contribution in [0.2, 0.25) is 5.02 Å². The zero-order valence-corrected chi connectivity index (χ0v) is 17.6. The molecule has 2 aromatic rings. The molecule has 2 atom stereocenters. The van der Waals surface area contributed by atoms with Gasteiger partial charge in [-0.2, -0.15) is 0 Å². The van der Waals surface area contributed by atoms with Crippen molar-refractivity contribution in [1.82, 2.24) is 9.80 Å². The second kappa shape index (κ2) is 9.72. The van der Waals surface area contributed by atoms with Gasteiger partial charge in [-0.3, -0.25) is 4.79 Å². The number of hydrogen-bond donors (Lipinski definition) is 2. The van der Waals surface area contributed by atoms with E-state index in [-0.39, 0.29) is 18.9 Å². The SMILES string of the molecule is CN(CCc1ccccc1)C[C@@]1(O)CCN(C(=O)Cc2ccc(Cl)cc2)C[C@@H]1O. The van der Waals surface area contributed by atoms with Gasteiger partial charge in [0.15, 0.2) is 0 Å². The van der Waals surface area contributed by atoms with Crippen molar-refractivity contribution in [2.45, 2.75) is 31.0 Å². The number of likely N-dealkylation sites (tertiary alicyclic amines) is 1. The number of halogens is 1. The van der Waals surface area contributed by atoms with Gasteiger partial charge in [0.1, 0.15) is 11.7 Å². The van der Waals surface area contributed by atoms with Crippen LogP contribution in [0.15, 0.2) is 54.6 Å². The van der Waals surface area contributed by atoms with E-state index in [1.54, 1.807) is 17.0 Å². The molecule has 5 nitrogen and oxygen atoms in total. The Morgan fingerprint density at radius 1 is 1.17 bits per heavy atom. The van der Waals surface area contributed by atoms with Crippen LogP contribution in [0.4, 0.5) is 0 Å². The van der Waals surface area contributed by atoms with Gasteiger partial charge in [0.05, 0.1) is 6.42 Å². The first-order valence-corrected chi connectivity index (χ1v) is 10.4. The third kappa shape index (κ3) is 6.03. The van der Waals surface area contributed by atoms with Crippen LogP contribution in [-0.2, 0) is 17.6 Å². The molecule has 3 rings (SSSR count). The fourth-order valence-corrected chi connectivity index (χ4v) is 3.90. The van der Waals surface area contributed by atoms with Crippen molar-refractivity contribution in [2.24, 2.45) is 0 Å². The Morgan fingerprint density at radius 3 is 2.52 bits per heavy atom. The molecule has 29 heavy (non-hydrogen) atoms. The van der Waals surface area contributed by atoms with Crippen LogP contribution in [-0.4, -0.2) is 70.9 Å². The monoisotopic (exact) mass is 416 g/mol. The smallest absolute Gasteiger partial charge is 0.227 e. The number of benzene rings is 2. The molecule has 0 radical (unpaired) electrons. The number of likely N-dealkylation sites (N-methyl/N-ethyl adjacent to an activating group) is 1. The number of hydrogen-bond acceptors (Lipinski definition) is 4. The highest BCUT2D eigenvalue weighted by Gasteiger charge is 2.42. The van der Waals surface area contributed by atoms with Gasteiger partial charge in [0, 0.05) is 31.2 Å². The Kier molecular flexibility index (Phi) is 7.30. The van der Waals surface area contributed by atoms with E-state index in [2.05, 4.69) is 12.1 Å². The number of nitrogens with zero attached hydrogens (tertiary/aromatic N) is 2. The lowest BCUT2D eigenvalue weighted by Crippen LogP contribution is -2.61. The Morgan fingerprint density at radius 2 is 1.86 bits per heavy atom. The van der Waals surface area contributed by atoms with Gasteiger partial charge in [-0.05, 0) is 43.1 Å². The van der Waals surface area contributed by atoms with Gasteiger partial charge in [0.2, 0.25) is 5.91 Å². The third-order valence-corrected chi connectivity index (χ3v) is 5.87. The molecule has 1 saturated heterocycles. The number of piperidine rings is 1. The number of rotatable bonds is 7. The van der Waals surface area contributed by atoms with Crippen molar-refractivity contribution in [2.75, 3.05) is 33.2 Å². The van der Waals surface area contributed by atoms with Crippen molar-refractivity contribution in [1.29, 1.82) is 0 Å². The van der Waals surface area contributed by atoms with E-state index in [1.807, 2.05) is 42.3 Å². The first-order valence-electron chi connectivity index (χ1n) is 10.0. The first-order chi connectivity index (χ1) is 13.9. The van der Waals surface area contributed by atoms with Crippen LogP contribution in [0.25, 0.3) is 0 Å². The molecule has 0 unspecified atom stereocenters. The van der Waals surface area contributed by atoms with Crippen LogP contribution >= 0.6 is 11.6 Å². The highest BCUT2D eigenvalue weighted by atomic mass is 35.5. The highest BCUT2D eigenvalue weighted by molar-refractivity contribution is 6.30. The number of β-amino-alcohol motifs (C(OH)–C–C–N with tert-alkyl or cyclic N) is 1. The fraction of sp³-hybridized carbons (Fsp3) is 0.435. The lowest BCUT2D eigenvalue weighted by molar-refractivity contribution is -0.152. The Hall–Kier alpha value is -1.92. The van der Waals surface area contributed by atoms with Crippen molar-refractivity contribution in [3.8, 4) is 0 Å². The summed E-state index contributed by atoms with van der Waals surface area (Å²) in [5.74, 6) is -0.0501. The molecule has 2 aromatic carbocycles. The van der Waals surface area contributed by atoms with Crippen LogP contribution in [0.5, 0.6) is 0 Å². The van der Waals surface area contributed by atoms with Gasteiger partial charge in [0.25, 0.3) is 0 Å². The minimum absolute atomic E-state index is 0.0501. The molecule has 0 aromatic heterocycles. The number of amides is 1. The van der Waals surface area contributed by atoms with Gasteiger partial charge < -0.3 is 20.0 Å². The molecule has 0 bridgehead atoms. The summed E-state index contributed by atoms with van der Waals surface area (Å²) in [6.45, 7) is 1.75. The maximum absolute atomic E-state index is 12.6. The van der Waals surface area contributed by atoms with Gasteiger partial charge >= 0.3 is 0 Å². The van der Waals surface area contributed by atoms with Crippen LogP contribution in [0.3, 0.4) is 0 Å². The van der Waals surface area contributed by atoms with E-state index in [0.29, 0.717) is 24.5 Å². The Bertz CT molecular complexity index is 800. The molecule has 6 heteroatoms. The molecule has 2 N–H and O–H groups in total. The minimum Gasteiger partial charge on any atom is -0.388 e. The van der Waals surface area contributed by atoms with Crippen LogP contribution in [0, 0.1) is 0 Å². The quantitative estimate of drug-likeness (QED) is 0.727. The predicted molar refractivity (Wildman–Crippen MR) is 115 cm³/mol. The standard InChI is InChI=1S/C23H29ClN2O3/c1-25(13-11-18-5-3-2-4-6-18)17-23(29)12-14-26(16-21(23)27)22(28)15-19-7-9-20(24)10-8-19/h2-10,21,27,29H,11-17H2,1H3/t21-,23-/m0/s1. The molecule has 1 heterocycles. The zero-order valence-electron chi connectivity index (χ0n) is 16.8. The molecule has 1 fully saturated rings. The zero-order chi connectivity index (χ0) is 20.9. The molecular weight excluding hydrogens is 388 g/mol. The van der Waals surface area contributed by atoms with Gasteiger partial charge in [-0.25, -0.2) is 0 Å². The summed E-state index contributed by atoms with van der Waals surface area (Å²) >= 11 is 5.89. The van der Waals surface area contributed by atoms with E-state index in [0.717, 1.165) is 18.5 Å². The van der Waals surface area contributed by atoms with Crippen molar-refractivity contribution in [3.05, 3.63) is 70.7 Å². The Labute approximate surface area is 177 Å². The van der Waals surface area contributed by atoms with Crippen LogP contribution in [0.1, 0.15) is 17.5 Å². The largest absolute Gasteiger partial charge is 0.388 e. The van der Waals surface area contributed by atoms with E-state index in [4.69, 9.17) is 11.6 Å². The highest BCUT2D eigenvalue weighted by Crippen LogP contribution is 2.24. The third-order valence-electron chi connectivity index (χ3n) is 5.62. The predicted octanol–water partition coefficient (Wildman–Crippen LogP) is 2.38. The van der Waals surface area contributed by atoms with E-state index >= 15 is 0 Å². The average Bonchev–Trinajstić information content (AvgIpc) is 2.71. The molecule has 0 aliphatic carbocycles. The summed E-state index contributed by atoms with van der Waals surface area (Å²) in [7, 11) is 1.95. The summed E-state index contributed by atoms with van der Waals surface area (Å²) in [5, 5.41) is 22.2. The second-order valence-corrected chi connectivity index (χ2v) is 8.42. The molecule has 1 aliphatic rings. The number of aliphatic hydroxyl groups is 2. The maximum atomic E-state index is 12.6. The normalized spacial score (nSPS) is 22.1. The van der Waals surface area contributed by atoms with E-state index in [1.165, 1.54) is 5.56 Å². The average molecular weight is 417 g/mol. The Balaban J connectivity index is 1.49. The van der Waals surface area contributed by atoms with E-state index < -0.39 is 11.7 Å². The maximum Gasteiger partial charge on any atom is 0.227 e. The molecule has 0 saturated carbocycles. The number of carbonyl (C=O) groups excluding carboxylic acids is 1. The lowest BCUT2D eigenvalue weighted by Gasteiger charge is -2.43. The van der Waals surface area contributed by atoms with Crippen molar-refractivity contribution >= 4 is 17.5 Å². The fourth-order valence-electron chi connectivity index (χ4n) is 3.78. The number of carbonyl (C=O) groups is 1. The van der Waals surface area contributed by atoms with Crippen molar-refractivity contribution in [3.63, 3.8) is 0 Å². The lowest BCUT2D eigenvalue weighted by atomic mass is 9.87. The molecule has 156 valence electrons. The summed E-state index contributed by atoms with van der Waals surface area (Å²) in [4.78, 5) is 16.3. The molecule has 1 amide bonds.